The highest BCUT2D eigenvalue weighted by Gasteiger charge is 2.42. The van der Waals surface area contributed by atoms with Gasteiger partial charge in [-0.3, -0.25) is 4.79 Å². The van der Waals surface area contributed by atoms with Crippen molar-refractivity contribution < 1.29 is 9.53 Å². The number of nitrogens with one attached hydrogen (secondary N) is 2. The average Bonchev–Trinajstić information content (AvgIpc) is 3.09. The number of ether oxygens (including phenoxy) is 1. The van der Waals surface area contributed by atoms with E-state index in [0.717, 1.165) is 18.7 Å². The van der Waals surface area contributed by atoms with E-state index in [-0.39, 0.29) is 18.6 Å². The predicted octanol–water partition coefficient (Wildman–Crippen LogP) is 1.92. The molecule has 110 valence electrons. The molecule has 21 heavy (non-hydrogen) atoms. The fourth-order valence-electron chi connectivity index (χ4n) is 3.44. The molecule has 0 bridgehead atoms. The van der Waals surface area contributed by atoms with E-state index in [0.29, 0.717) is 17.6 Å². The molecule has 5 nitrogen and oxygen atoms in total. The maximum absolute atomic E-state index is 12.4. The third-order valence-electron chi connectivity index (χ3n) is 4.45. The van der Waals surface area contributed by atoms with Gasteiger partial charge in [-0.05, 0) is 55.5 Å². The molecule has 1 aromatic carbocycles. The molecule has 1 aliphatic heterocycles. The fourth-order valence-corrected chi connectivity index (χ4v) is 3.44. The monoisotopic (exact) mass is 285 g/mol. The van der Waals surface area contributed by atoms with Crippen LogP contribution in [-0.4, -0.2) is 25.1 Å². The van der Waals surface area contributed by atoms with Gasteiger partial charge in [0.1, 0.15) is 11.8 Å². The van der Waals surface area contributed by atoms with Gasteiger partial charge in [-0.15, -0.1) is 0 Å². The summed E-state index contributed by atoms with van der Waals surface area (Å²) in [6, 6.07) is 8.97. The van der Waals surface area contributed by atoms with Crippen LogP contribution in [-0.2, 0) is 4.79 Å². The first kappa shape index (κ1) is 13.9. The van der Waals surface area contributed by atoms with Gasteiger partial charge in [-0.25, -0.2) is 0 Å². The van der Waals surface area contributed by atoms with Crippen LogP contribution >= 0.6 is 0 Å². The van der Waals surface area contributed by atoms with Crippen molar-refractivity contribution in [3.05, 3.63) is 24.3 Å². The predicted molar refractivity (Wildman–Crippen MR) is 78.8 cm³/mol. The fraction of sp³-hybridized carbons (Fsp3) is 0.500. The van der Waals surface area contributed by atoms with Crippen LogP contribution in [0.4, 0.5) is 5.69 Å². The van der Waals surface area contributed by atoms with Crippen molar-refractivity contribution in [3.8, 4) is 11.8 Å². The number of rotatable bonds is 4. The standard InChI is InChI=1S/C16H19N3O2/c17-8-9-21-13-6-4-12(5-7-13)19-16(20)15-14-3-1-2-11(14)10-18-15/h4-7,11,14-15,18H,1-3,9-10H2,(H,19,20). The van der Waals surface area contributed by atoms with E-state index < -0.39 is 0 Å². The highest BCUT2D eigenvalue weighted by atomic mass is 16.5. The molecule has 0 spiro atoms. The summed E-state index contributed by atoms with van der Waals surface area (Å²) in [5.41, 5.74) is 0.757. The summed E-state index contributed by atoms with van der Waals surface area (Å²) in [4.78, 5) is 12.4. The van der Waals surface area contributed by atoms with E-state index in [1.165, 1.54) is 12.8 Å². The molecule has 2 fully saturated rings. The summed E-state index contributed by atoms with van der Waals surface area (Å²) in [6.45, 7) is 0.991. The quantitative estimate of drug-likeness (QED) is 0.886. The highest BCUT2D eigenvalue weighted by molar-refractivity contribution is 5.95. The first-order valence-electron chi connectivity index (χ1n) is 7.42. The second kappa shape index (κ2) is 6.15. The maximum Gasteiger partial charge on any atom is 0.241 e. The molecule has 0 aromatic heterocycles. The minimum absolute atomic E-state index is 0.0285. The molecular weight excluding hydrogens is 266 g/mol. The van der Waals surface area contributed by atoms with Crippen molar-refractivity contribution in [2.24, 2.45) is 11.8 Å². The second-order valence-electron chi connectivity index (χ2n) is 5.70. The van der Waals surface area contributed by atoms with Crippen LogP contribution in [0.1, 0.15) is 19.3 Å². The van der Waals surface area contributed by atoms with Crippen LogP contribution in [0, 0.1) is 23.2 Å². The summed E-state index contributed by atoms with van der Waals surface area (Å²) in [5, 5.41) is 14.8. The summed E-state index contributed by atoms with van der Waals surface area (Å²) >= 11 is 0. The number of fused-ring (bicyclic) bond motifs is 1. The number of anilines is 1. The van der Waals surface area contributed by atoms with Crippen molar-refractivity contribution in [1.82, 2.24) is 5.32 Å². The zero-order valence-electron chi connectivity index (χ0n) is 11.8. The number of nitrogens with zero attached hydrogens (tertiary/aromatic N) is 1. The van der Waals surface area contributed by atoms with Crippen molar-refractivity contribution in [1.29, 1.82) is 5.26 Å². The van der Waals surface area contributed by atoms with Gasteiger partial charge in [0.15, 0.2) is 6.61 Å². The van der Waals surface area contributed by atoms with Crippen LogP contribution < -0.4 is 15.4 Å². The van der Waals surface area contributed by atoms with Crippen LogP contribution in [0.2, 0.25) is 0 Å². The minimum Gasteiger partial charge on any atom is -0.479 e. The molecule has 1 amide bonds. The lowest BCUT2D eigenvalue weighted by molar-refractivity contribution is -0.118. The number of carbonyl (C=O) groups excluding carboxylic acids is 1. The lowest BCUT2D eigenvalue weighted by atomic mass is 9.93. The Bertz CT molecular complexity index is 550. The number of carbonyl (C=O) groups is 1. The van der Waals surface area contributed by atoms with Gasteiger partial charge in [0.2, 0.25) is 5.91 Å². The Morgan fingerprint density at radius 2 is 2.19 bits per heavy atom. The number of hydrogen-bond acceptors (Lipinski definition) is 4. The molecule has 3 rings (SSSR count). The first-order chi connectivity index (χ1) is 10.3. The van der Waals surface area contributed by atoms with Crippen molar-refractivity contribution in [2.45, 2.75) is 25.3 Å². The molecule has 3 atom stereocenters. The molecule has 1 aromatic rings. The smallest absolute Gasteiger partial charge is 0.241 e. The largest absolute Gasteiger partial charge is 0.479 e. The van der Waals surface area contributed by atoms with Crippen LogP contribution in [0.25, 0.3) is 0 Å². The van der Waals surface area contributed by atoms with E-state index >= 15 is 0 Å². The second-order valence-corrected chi connectivity index (χ2v) is 5.70. The molecule has 0 radical (unpaired) electrons. The van der Waals surface area contributed by atoms with Gasteiger partial charge in [-0.1, -0.05) is 6.42 Å². The Kier molecular flexibility index (Phi) is 4.07. The third kappa shape index (κ3) is 3.01. The third-order valence-corrected chi connectivity index (χ3v) is 4.45. The summed E-state index contributed by atoms with van der Waals surface area (Å²) in [6.07, 6.45) is 3.63. The Hall–Kier alpha value is -2.06. The summed E-state index contributed by atoms with van der Waals surface area (Å²) < 4.78 is 5.19. The maximum atomic E-state index is 12.4. The zero-order valence-corrected chi connectivity index (χ0v) is 11.8. The molecule has 1 saturated heterocycles. The van der Waals surface area contributed by atoms with E-state index in [9.17, 15) is 4.79 Å². The topological polar surface area (TPSA) is 74.1 Å². The van der Waals surface area contributed by atoms with Crippen molar-refractivity contribution in [2.75, 3.05) is 18.5 Å². The molecule has 2 aliphatic rings. The van der Waals surface area contributed by atoms with E-state index in [2.05, 4.69) is 10.6 Å². The van der Waals surface area contributed by atoms with Crippen LogP contribution in [0.5, 0.6) is 5.75 Å². The minimum atomic E-state index is -0.0629. The Balaban J connectivity index is 1.58. The molecule has 1 saturated carbocycles. The summed E-state index contributed by atoms with van der Waals surface area (Å²) in [5.74, 6) is 1.84. The molecule has 2 N–H and O–H groups in total. The lowest BCUT2D eigenvalue weighted by Gasteiger charge is -2.17. The number of nitriles is 1. The van der Waals surface area contributed by atoms with E-state index in [1.54, 1.807) is 24.3 Å². The molecule has 3 unspecified atom stereocenters. The van der Waals surface area contributed by atoms with Gasteiger partial charge in [0, 0.05) is 5.69 Å². The Labute approximate surface area is 124 Å². The van der Waals surface area contributed by atoms with Gasteiger partial charge in [0.05, 0.1) is 6.04 Å². The Morgan fingerprint density at radius 3 is 2.95 bits per heavy atom. The van der Waals surface area contributed by atoms with Crippen LogP contribution in [0.3, 0.4) is 0 Å². The molecule has 1 heterocycles. The average molecular weight is 285 g/mol. The number of hydrogen-bond donors (Lipinski definition) is 2. The van der Waals surface area contributed by atoms with Crippen molar-refractivity contribution >= 4 is 11.6 Å². The van der Waals surface area contributed by atoms with Gasteiger partial charge in [0.25, 0.3) is 0 Å². The van der Waals surface area contributed by atoms with Gasteiger partial charge in [-0.2, -0.15) is 5.26 Å². The molecule has 1 aliphatic carbocycles. The molecular formula is C16H19N3O2. The van der Waals surface area contributed by atoms with E-state index in [4.69, 9.17) is 10.00 Å². The Morgan fingerprint density at radius 1 is 1.38 bits per heavy atom. The first-order valence-corrected chi connectivity index (χ1v) is 7.42. The number of amides is 1. The SMILES string of the molecule is N#CCOc1ccc(NC(=O)C2NCC3CCCC32)cc1. The highest BCUT2D eigenvalue weighted by Crippen LogP contribution is 2.38. The normalized spacial score (nSPS) is 26.9. The van der Waals surface area contributed by atoms with Gasteiger partial charge >= 0.3 is 0 Å². The van der Waals surface area contributed by atoms with E-state index in [1.807, 2.05) is 6.07 Å². The lowest BCUT2D eigenvalue weighted by Crippen LogP contribution is -2.39. The van der Waals surface area contributed by atoms with Crippen LogP contribution in [0.15, 0.2) is 24.3 Å². The molecule has 5 heteroatoms. The van der Waals surface area contributed by atoms with Crippen molar-refractivity contribution in [3.63, 3.8) is 0 Å². The summed E-state index contributed by atoms with van der Waals surface area (Å²) in [7, 11) is 0. The van der Waals surface area contributed by atoms with Gasteiger partial charge < -0.3 is 15.4 Å². The number of benzene rings is 1. The zero-order chi connectivity index (χ0) is 14.7.